The summed E-state index contributed by atoms with van der Waals surface area (Å²) in [6.45, 7) is 4.40. The third-order valence-electron chi connectivity index (χ3n) is 3.50. The van der Waals surface area contributed by atoms with Crippen LogP contribution in [-0.2, 0) is 0 Å². The van der Waals surface area contributed by atoms with E-state index in [9.17, 15) is 0 Å². The zero-order valence-electron chi connectivity index (χ0n) is 14.4. The Balaban J connectivity index is 1.89. The van der Waals surface area contributed by atoms with E-state index in [1.54, 1.807) is 18.2 Å². The number of benzene rings is 2. The lowest BCUT2D eigenvalue weighted by atomic mass is 10.3. The van der Waals surface area contributed by atoms with E-state index in [2.05, 4.69) is 20.6 Å². The number of nitrogens with one attached hydrogen (secondary N) is 2. The molecule has 2 aromatic carbocycles. The molecule has 7 heteroatoms. The molecule has 134 valence electrons. The molecule has 0 saturated heterocycles. The molecule has 5 nitrogen and oxygen atoms in total. The van der Waals surface area contributed by atoms with Crippen molar-refractivity contribution < 1.29 is 4.74 Å². The summed E-state index contributed by atoms with van der Waals surface area (Å²) in [5.41, 5.74) is 2.19. The molecular weight excluding hydrogens is 371 g/mol. The number of rotatable bonds is 6. The fourth-order valence-electron chi connectivity index (χ4n) is 2.41. The Bertz CT molecular complexity index is 898. The highest BCUT2D eigenvalue weighted by Gasteiger charge is 2.10. The first-order valence-electron chi connectivity index (χ1n) is 8.12. The van der Waals surface area contributed by atoms with E-state index >= 15 is 0 Å². The largest absolute Gasteiger partial charge is 0.492 e. The van der Waals surface area contributed by atoms with Crippen LogP contribution in [0, 0.1) is 6.92 Å². The first kappa shape index (κ1) is 18.3. The molecule has 0 unspecified atom stereocenters. The summed E-state index contributed by atoms with van der Waals surface area (Å²) in [4.78, 5) is 8.93. The number of ether oxygens (including phenoxy) is 1. The van der Waals surface area contributed by atoms with Gasteiger partial charge in [-0.1, -0.05) is 41.4 Å². The second-order valence-corrected chi connectivity index (χ2v) is 6.31. The van der Waals surface area contributed by atoms with Gasteiger partial charge in [-0.15, -0.1) is 0 Å². The summed E-state index contributed by atoms with van der Waals surface area (Å²) in [7, 11) is 0. The Hall–Kier alpha value is -2.50. The highest BCUT2D eigenvalue weighted by Crippen LogP contribution is 2.33. The molecule has 0 aliphatic carbocycles. The van der Waals surface area contributed by atoms with Gasteiger partial charge in [0.25, 0.3) is 0 Å². The van der Waals surface area contributed by atoms with Crippen LogP contribution >= 0.6 is 23.2 Å². The lowest BCUT2D eigenvalue weighted by Crippen LogP contribution is -2.04. The monoisotopic (exact) mass is 388 g/mol. The van der Waals surface area contributed by atoms with E-state index in [4.69, 9.17) is 27.9 Å². The molecule has 0 atom stereocenters. The molecule has 0 spiro atoms. The number of aromatic nitrogens is 2. The Morgan fingerprint density at radius 2 is 1.69 bits per heavy atom. The van der Waals surface area contributed by atoms with Crippen molar-refractivity contribution in [2.45, 2.75) is 13.8 Å². The molecule has 0 aliphatic rings. The normalized spacial score (nSPS) is 10.5. The van der Waals surface area contributed by atoms with Gasteiger partial charge in [-0.3, -0.25) is 0 Å². The van der Waals surface area contributed by atoms with Crippen molar-refractivity contribution in [1.82, 2.24) is 9.97 Å². The highest BCUT2D eigenvalue weighted by atomic mass is 35.5. The number of nitrogens with zero attached hydrogens (tertiary/aromatic N) is 2. The molecular formula is C19H18Cl2N4O. The molecule has 0 amide bonds. The lowest BCUT2D eigenvalue weighted by Gasteiger charge is -2.14. The molecule has 0 aliphatic heterocycles. The zero-order chi connectivity index (χ0) is 18.5. The minimum absolute atomic E-state index is 0.447. The van der Waals surface area contributed by atoms with Crippen molar-refractivity contribution in [2.75, 3.05) is 17.2 Å². The first-order chi connectivity index (χ1) is 12.6. The highest BCUT2D eigenvalue weighted by molar-refractivity contribution is 6.39. The summed E-state index contributed by atoms with van der Waals surface area (Å²) in [6, 6.07) is 14.8. The van der Waals surface area contributed by atoms with E-state index in [1.165, 1.54) is 0 Å². The standard InChI is InChI=1S/C19H18Cl2N4O/c1-3-26-16-10-5-4-9-15(16)23-19-22-12(2)11-17(25-19)24-18-13(20)7-6-8-14(18)21/h4-11H,3H2,1-2H3,(H2,22,23,24,25). The molecule has 1 aromatic heterocycles. The maximum absolute atomic E-state index is 6.22. The van der Waals surface area contributed by atoms with Crippen LogP contribution in [0.2, 0.25) is 10.0 Å². The molecule has 26 heavy (non-hydrogen) atoms. The number of hydrogen-bond acceptors (Lipinski definition) is 5. The number of anilines is 4. The van der Waals surface area contributed by atoms with Gasteiger partial charge in [0.1, 0.15) is 11.6 Å². The van der Waals surface area contributed by atoms with Gasteiger partial charge in [0.05, 0.1) is 28.0 Å². The van der Waals surface area contributed by atoms with Gasteiger partial charge < -0.3 is 15.4 Å². The van der Waals surface area contributed by atoms with Gasteiger partial charge in [-0.05, 0) is 38.1 Å². The molecule has 0 fully saturated rings. The van der Waals surface area contributed by atoms with Gasteiger partial charge in [-0.25, -0.2) is 4.98 Å². The first-order valence-corrected chi connectivity index (χ1v) is 8.88. The van der Waals surface area contributed by atoms with Crippen LogP contribution in [0.1, 0.15) is 12.6 Å². The maximum Gasteiger partial charge on any atom is 0.229 e. The van der Waals surface area contributed by atoms with E-state index in [-0.39, 0.29) is 0 Å². The maximum atomic E-state index is 6.22. The van der Waals surface area contributed by atoms with Gasteiger partial charge in [0.2, 0.25) is 5.95 Å². The van der Waals surface area contributed by atoms with Crippen molar-refractivity contribution in [3.05, 3.63) is 64.3 Å². The van der Waals surface area contributed by atoms with Crippen molar-refractivity contribution in [3.8, 4) is 5.75 Å². The van der Waals surface area contributed by atoms with Gasteiger partial charge in [-0.2, -0.15) is 4.98 Å². The molecule has 0 bridgehead atoms. The van der Waals surface area contributed by atoms with Crippen LogP contribution in [0.4, 0.5) is 23.1 Å². The zero-order valence-corrected chi connectivity index (χ0v) is 15.9. The SMILES string of the molecule is CCOc1ccccc1Nc1nc(C)cc(Nc2c(Cl)cccc2Cl)n1. The molecule has 0 saturated carbocycles. The average Bonchev–Trinajstić information content (AvgIpc) is 2.60. The van der Waals surface area contributed by atoms with Gasteiger partial charge in [0.15, 0.2) is 0 Å². The third-order valence-corrected chi connectivity index (χ3v) is 4.13. The Morgan fingerprint density at radius 3 is 2.42 bits per heavy atom. The van der Waals surface area contributed by atoms with Crippen molar-refractivity contribution in [1.29, 1.82) is 0 Å². The summed E-state index contributed by atoms with van der Waals surface area (Å²) >= 11 is 12.4. The van der Waals surface area contributed by atoms with Crippen molar-refractivity contribution in [3.63, 3.8) is 0 Å². The smallest absolute Gasteiger partial charge is 0.229 e. The lowest BCUT2D eigenvalue weighted by molar-refractivity contribution is 0.342. The van der Waals surface area contributed by atoms with Crippen LogP contribution in [-0.4, -0.2) is 16.6 Å². The predicted octanol–water partition coefficient (Wildman–Crippen LogP) is 5.98. The summed E-state index contributed by atoms with van der Waals surface area (Å²) in [5, 5.41) is 7.40. The molecule has 2 N–H and O–H groups in total. The Morgan fingerprint density at radius 1 is 0.962 bits per heavy atom. The topological polar surface area (TPSA) is 59.1 Å². The fraction of sp³-hybridized carbons (Fsp3) is 0.158. The van der Waals surface area contributed by atoms with E-state index < -0.39 is 0 Å². The fourth-order valence-corrected chi connectivity index (χ4v) is 2.90. The molecule has 1 heterocycles. The summed E-state index contributed by atoms with van der Waals surface area (Å²) in [6.07, 6.45) is 0. The Labute approximate surface area is 162 Å². The van der Waals surface area contributed by atoms with Gasteiger partial charge >= 0.3 is 0 Å². The van der Waals surface area contributed by atoms with Crippen LogP contribution in [0.25, 0.3) is 0 Å². The molecule has 3 rings (SSSR count). The van der Waals surface area contributed by atoms with Gasteiger partial charge in [0, 0.05) is 11.8 Å². The molecule has 3 aromatic rings. The van der Waals surface area contributed by atoms with Crippen molar-refractivity contribution >= 4 is 46.3 Å². The third kappa shape index (κ3) is 4.36. The van der Waals surface area contributed by atoms with Crippen molar-refractivity contribution in [2.24, 2.45) is 0 Å². The van der Waals surface area contributed by atoms with Crippen LogP contribution < -0.4 is 15.4 Å². The summed E-state index contributed by atoms with van der Waals surface area (Å²) in [5.74, 6) is 1.77. The second-order valence-electron chi connectivity index (χ2n) is 5.49. The number of aryl methyl sites for hydroxylation is 1. The van der Waals surface area contributed by atoms with E-state index in [0.717, 1.165) is 17.1 Å². The number of hydrogen-bond donors (Lipinski definition) is 2. The number of halogens is 2. The van der Waals surface area contributed by atoms with Crippen LogP contribution in [0.15, 0.2) is 48.5 Å². The van der Waals surface area contributed by atoms with Crippen LogP contribution in [0.5, 0.6) is 5.75 Å². The van der Waals surface area contributed by atoms with E-state index in [0.29, 0.717) is 34.1 Å². The summed E-state index contributed by atoms with van der Waals surface area (Å²) < 4.78 is 5.63. The van der Waals surface area contributed by atoms with Crippen LogP contribution in [0.3, 0.4) is 0 Å². The predicted molar refractivity (Wildman–Crippen MR) is 107 cm³/mol. The second kappa shape index (κ2) is 8.25. The minimum Gasteiger partial charge on any atom is -0.492 e. The number of para-hydroxylation sites is 3. The van der Waals surface area contributed by atoms with E-state index in [1.807, 2.05) is 44.2 Å². The Kier molecular flexibility index (Phi) is 5.81. The minimum atomic E-state index is 0.447. The quantitative estimate of drug-likeness (QED) is 0.543. The molecule has 0 radical (unpaired) electrons. The average molecular weight is 389 g/mol.